The van der Waals surface area contributed by atoms with E-state index in [1.54, 1.807) is 0 Å². The van der Waals surface area contributed by atoms with Crippen LogP contribution >= 0.6 is 0 Å². The highest BCUT2D eigenvalue weighted by molar-refractivity contribution is 4.93. The van der Waals surface area contributed by atoms with Gasteiger partial charge in [-0.25, -0.2) is 0 Å². The topological polar surface area (TPSA) is 23.8 Å². The van der Waals surface area contributed by atoms with Crippen LogP contribution in [0.4, 0.5) is 0 Å². The summed E-state index contributed by atoms with van der Waals surface area (Å²) in [6, 6.07) is 2.30. The molecule has 0 saturated carbocycles. The second-order valence-corrected chi connectivity index (χ2v) is 5.39. The van der Waals surface area contributed by atoms with Crippen molar-refractivity contribution in [3.63, 3.8) is 0 Å². The molecule has 0 aliphatic rings. The summed E-state index contributed by atoms with van der Waals surface area (Å²) in [5.74, 6) is 1.93. The van der Waals surface area contributed by atoms with E-state index in [1.165, 1.54) is 24.8 Å². The first kappa shape index (κ1) is 16.2. The van der Waals surface area contributed by atoms with Crippen molar-refractivity contribution in [3.8, 4) is 6.07 Å². The lowest BCUT2D eigenvalue weighted by Crippen LogP contribution is -2.19. The van der Waals surface area contributed by atoms with Crippen LogP contribution in [0.5, 0.6) is 0 Å². The fourth-order valence-corrected chi connectivity index (χ4v) is 2.40. The molecule has 98 valence electrons. The third kappa shape index (κ3) is 6.51. The maximum Gasteiger partial charge on any atom is 0.0624 e. The van der Waals surface area contributed by atoms with E-state index in [2.05, 4.69) is 40.3 Å². The summed E-state index contributed by atoms with van der Waals surface area (Å²) in [6.45, 7) is 13.1. The lowest BCUT2D eigenvalue weighted by Gasteiger charge is -2.28. The Balaban J connectivity index is 4.29. The van der Waals surface area contributed by atoms with Crippen LogP contribution < -0.4 is 0 Å². The van der Waals surface area contributed by atoms with Crippen molar-refractivity contribution in [2.24, 2.45) is 17.8 Å². The second kappa shape index (κ2) is 9.28. The smallest absolute Gasteiger partial charge is 0.0624 e. The first-order valence-corrected chi connectivity index (χ1v) is 7.10. The van der Waals surface area contributed by atoms with Gasteiger partial charge in [0.05, 0.1) is 6.07 Å². The largest absolute Gasteiger partial charge is 0.198 e. The van der Waals surface area contributed by atoms with E-state index in [0.717, 1.165) is 18.8 Å². The number of allylic oxidation sites excluding steroid dienone is 1. The van der Waals surface area contributed by atoms with Crippen molar-refractivity contribution >= 4 is 0 Å². The zero-order chi connectivity index (χ0) is 13.3. The molecule has 0 N–H and O–H groups in total. The Morgan fingerprint density at radius 2 is 1.88 bits per heavy atom. The molecule has 0 bridgehead atoms. The summed E-state index contributed by atoms with van der Waals surface area (Å²) in [7, 11) is 0. The predicted octanol–water partition coefficient (Wildman–Crippen LogP) is 5.33. The average Bonchev–Trinajstić information content (AvgIpc) is 2.33. The summed E-state index contributed by atoms with van der Waals surface area (Å²) in [6.07, 6.45) is 6.72. The van der Waals surface area contributed by atoms with E-state index in [4.69, 9.17) is 5.26 Å². The zero-order valence-electron chi connectivity index (χ0n) is 12.1. The molecule has 0 aliphatic heterocycles. The van der Waals surface area contributed by atoms with Gasteiger partial charge in [0, 0.05) is 6.42 Å². The van der Waals surface area contributed by atoms with Gasteiger partial charge in [-0.2, -0.15) is 5.26 Å². The van der Waals surface area contributed by atoms with Crippen molar-refractivity contribution in [1.82, 2.24) is 0 Å². The molecular weight excluding hydrogens is 206 g/mol. The molecule has 0 radical (unpaired) electrons. The van der Waals surface area contributed by atoms with Crippen LogP contribution in [-0.2, 0) is 0 Å². The molecule has 0 fully saturated rings. The molecule has 1 heteroatoms. The Kier molecular flexibility index (Phi) is 8.86. The van der Waals surface area contributed by atoms with E-state index in [-0.39, 0.29) is 0 Å². The van der Waals surface area contributed by atoms with Crippen LogP contribution in [0.3, 0.4) is 0 Å². The van der Waals surface area contributed by atoms with E-state index in [9.17, 15) is 0 Å². The first-order valence-electron chi connectivity index (χ1n) is 7.10. The molecule has 0 aromatic rings. The normalized spacial score (nSPS) is 15.9. The van der Waals surface area contributed by atoms with E-state index >= 15 is 0 Å². The van der Waals surface area contributed by atoms with Crippen LogP contribution in [0, 0.1) is 29.1 Å². The lowest BCUT2D eigenvalue weighted by atomic mass is 9.77. The third-order valence-electron chi connectivity index (χ3n) is 4.08. The van der Waals surface area contributed by atoms with Gasteiger partial charge in [0.15, 0.2) is 0 Å². The maximum absolute atomic E-state index is 8.79. The van der Waals surface area contributed by atoms with Crippen LogP contribution in [0.15, 0.2) is 12.2 Å². The van der Waals surface area contributed by atoms with Gasteiger partial charge in [-0.1, -0.05) is 52.7 Å². The molecular formula is C16H29N. The van der Waals surface area contributed by atoms with Gasteiger partial charge in [0.2, 0.25) is 0 Å². The van der Waals surface area contributed by atoms with Crippen molar-refractivity contribution in [2.75, 3.05) is 0 Å². The zero-order valence-corrected chi connectivity index (χ0v) is 12.1. The molecule has 1 nitrogen and oxygen atoms in total. The summed E-state index contributed by atoms with van der Waals surface area (Å²) in [5.41, 5.74) is 1.37. The van der Waals surface area contributed by atoms with E-state index in [0.29, 0.717) is 18.3 Å². The van der Waals surface area contributed by atoms with Crippen molar-refractivity contribution < 1.29 is 0 Å². The highest BCUT2D eigenvalue weighted by atomic mass is 14.3. The minimum Gasteiger partial charge on any atom is -0.198 e. The van der Waals surface area contributed by atoms with Crippen LogP contribution in [-0.4, -0.2) is 0 Å². The molecule has 0 spiro atoms. The number of nitriles is 1. The Bertz CT molecular complexity index is 249. The van der Waals surface area contributed by atoms with E-state index in [1.807, 2.05) is 0 Å². The van der Waals surface area contributed by atoms with Crippen molar-refractivity contribution in [1.29, 1.82) is 5.26 Å². The third-order valence-corrected chi connectivity index (χ3v) is 4.08. The van der Waals surface area contributed by atoms with Gasteiger partial charge in [-0.15, -0.1) is 0 Å². The lowest BCUT2D eigenvalue weighted by molar-refractivity contribution is 0.235. The minimum absolute atomic E-state index is 0.520. The van der Waals surface area contributed by atoms with Gasteiger partial charge in [0.1, 0.15) is 0 Å². The number of rotatable bonds is 9. The predicted molar refractivity (Wildman–Crippen MR) is 75.6 cm³/mol. The highest BCUT2D eigenvalue weighted by Crippen LogP contribution is 2.31. The molecule has 0 aromatic heterocycles. The monoisotopic (exact) mass is 235 g/mol. The second-order valence-electron chi connectivity index (χ2n) is 5.39. The highest BCUT2D eigenvalue weighted by Gasteiger charge is 2.21. The van der Waals surface area contributed by atoms with Crippen molar-refractivity contribution in [2.45, 2.75) is 66.2 Å². The average molecular weight is 235 g/mol. The van der Waals surface area contributed by atoms with Crippen molar-refractivity contribution in [3.05, 3.63) is 12.2 Å². The fraction of sp³-hybridized carbons (Fsp3) is 0.812. The van der Waals surface area contributed by atoms with Gasteiger partial charge >= 0.3 is 0 Å². The Hall–Kier alpha value is -0.770. The van der Waals surface area contributed by atoms with Crippen LogP contribution in [0.1, 0.15) is 66.2 Å². The number of nitrogens with zero attached hydrogens (tertiary/aromatic N) is 1. The SMILES string of the molecule is C=C(CC)CCC(CCC)C(C)C(C)CC#N. The number of hydrogen-bond acceptors (Lipinski definition) is 1. The molecule has 0 rings (SSSR count). The summed E-state index contributed by atoms with van der Waals surface area (Å²) in [4.78, 5) is 0. The maximum atomic E-state index is 8.79. The molecule has 3 atom stereocenters. The van der Waals surface area contributed by atoms with E-state index < -0.39 is 0 Å². The Labute approximate surface area is 108 Å². The van der Waals surface area contributed by atoms with Gasteiger partial charge in [-0.3, -0.25) is 0 Å². The summed E-state index contributed by atoms with van der Waals surface area (Å²) < 4.78 is 0. The fourth-order valence-electron chi connectivity index (χ4n) is 2.40. The van der Waals surface area contributed by atoms with Crippen LogP contribution in [0.25, 0.3) is 0 Å². The molecule has 3 unspecified atom stereocenters. The van der Waals surface area contributed by atoms with Gasteiger partial charge in [0.25, 0.3) is 0 Å². The minimum atomic E-state index is 0.520. The first-order chi connectivity index (χ1) is 8.06. The molecule has 0 amide bonds. The molecule has 17 heavy (non-hydrogen) atoms. The Morgan fingerprint density at radius 1 is 1.24 bits per heavy atom. The summed E-state index contributed by atoms with van der Waals surface area (Å²) in [5, 5.41) is 8.79. The summed E-state index contributed by atoms with van der Waals surface area (Å²) >= 11 is 0. The number of hydrogen-bond donors (Lipinski definition) is 0. The standard InChI is InChI=1S/C16H29N/c1-6-8-16(10-9-13(3)7-2)15(5)14(4)11-12-17/h14-16H,3,6-11H2,1-2,4-5H3. The Morgan fingerprint density at radius 3 is 2.35 bits per heavy atom. The van der Waals surface area contributed by atoms with Gasteiger partial charge < -0.3 is 0 Å². The van der Waals surface area contributed by atoms with Crippen LogP contribution in [0.2, 0.25) is 0 Å². The quantitative estimate of drug-likeness (QED) is 0.495. The molecule has 0 aliphatic carbocycles. The van der Waals surface area contributed by atoms with Gasteiger partial charge in [-0.05, 0) is 37.0 Å². The molecule has 0 heterocycles. The molecule has 0 aromatic carbocycles. The molecule has 0 saturated heterocycles.